The van der Waals surface area contributed by atoms with Crippen LogP contribution in [0.15, 0.2) is 51.8 Å². The average molecular weight is 452 g/mol. The molecule has 2 aromatic carbocycles. The van der Waals surface area contributed by atoms with Gasteiger partial charge in [-0.2, -0.15) is 0 Å². The van der Waals surface area contributed by atoms with Crippen molar-refractivity contribution in [3.05, 3.63) is 68.8 Å². The van der Waals surface area contributed by atoms with E-state index >= 15 is 0 Å². The second-order valence-corrected chi connectivity index (χ2v) is 8.11. The van der Waals surface area contributed by atoms with E-state index in [9.17, 15) is 9.18 Å². The van der Waals surface area contributed by atoms with Crippen LogP contribution in [0.4, 0.5) is 4.39 Å². The Labute approximate surface area is 169 Å². The summed E-state index contributed by atoms with van der Waals surface area (Å²) >= 11 is 9.99. The molecule has 1 aliphatic heterocycles. The summed E-state index contributed by atoms with van der Waals surface area (Å²) in [5.74, 6) is 0.266. The van der Waals surface area contributed by atoms with Gasteiger partial charge in [0.25, 0.3) is 5.91 Å². The fourth-order valence-corrected chi connectivity index (χ4v) is 4.17. The molecule has 0 atom stereocenters. The third-order valence-electron chi connectivity index (χ3n) is 3.76. The Morgan fingerprint density at radius 2 is 2.00 bits per heavy atom. The molecule has 134 valence electrons. The molecule has 0 N–H and O–H groups in total. The molecule has 0 unspecified atom stereocenters. The number of amides is 1. The van der Waals surface area contributed by atoms with Crippen molar-refractivity contribution in [3.63, 3.8) is 0 Å². The smallest absolute Gasteiger partial charge is 0.266 e. The van der Waals surface area contributed by atoms with Crippen LogP contribution in [0, 0.1) is 5.82 Å². The Bertz CT molecular complexity index is 884. The SMILES string of the molecule is CCN1C(=O)/C(=C\c2cc(Br)ccc2OCc2ccc(F)cc2)SC1=S. The van der Waals surface area contributed by atoms with Crippen LogP contribution in [0.25, 0.3) is 6.08 Å². The fourth-order valence-electron chi connectivity index (χ4n) is 2.42. The van der Waals surface area contributed by atoms with E-state index < -0.39 is 0 Å². The molecule has 3 nitrogen and oxygen atoms in total. The van der Waals surface area contributed by atoms with Gasteiger partial charge in [-0.1, -0.05) is 52.0 Å². The zero-order valence-corrected chi connectivity index (χ0v) is 17.1. The number of likely N-dealkylation sites (N-methyl/N-ethyl adjacent to an activating group) is 1. The van der Waals surface area contributed by atoms with Gasteiger partial charge in [0.2, 0.25) is 0 Å². The summed E-state index contributed by atoms with van der Waals surface area (Å²) in [7, 11) is 0. The van der Waals surface area contributed by atoms with E-state index in [1.165, 1.54) is 23.9 Å². The zero-order valence-electron chi connectivity index (χ0n) is 13.9. The molecule has 0 aromatic heterocycles. The monoisotopic (exact) mass is 451 g/mol. The highest BCUT2D eigenvalue weighted by Gasteiger charge is 2.30. The van der Waals surface area contributed by atoms with E-state index in [1.54, 1.807) is 23.1 Å². The van der Waals surface area contributed by atoms with Crippen LogP contribution < -0.4 is 4.74 Å². The molecule has 0 bridgehead atoms. The van der Waals surface area contributed by atoms with E-state index in [4.69, 9.17) is 17.0 Å². The maximum Gasteiger partial charge on any atom is 0.266 e. The van der Waals surface area contributed by atoms with Gasteiger partial charge in [0.05, 0.1) is 4.91 Å². The van der Waals surface area contributed by atoms with Gasteiger partial charge in [0, 0.05) is 16.6 Å². The highest BCUT2D eigenvalue weighted by molar-refractivity contribution is 9.10. The lowest BCUT2D eigenvalue weighted by Crippen LogP contribution is -2.27. The largest absolute Gasteiger partial charge is 0.488 e. The summed E-state index contributed by atoms with van der Waals surface area (Å²) < 4.78 is 20.3. The Kier molecular flexibility index (Phi) is 6.11. The van der Waals surface area contributed by atoms with Crippen molar-refractivity contribution in [3.8, 4) is 5.75 Å². The molecule has 3 rings (SSSR count). The maximum atomic E-state index is 13.0. The lowest BCUT2D eigenvalue weighted by molar-refractivity contribution is -0.121. The normalized spacial score (nSPS) is 15.8. The van der Waals surface area contributed by atoms with E-state index in [-0.39, 0.29) is 11.7 Å². The molecule has 0 aliphatic carbocycles. The number of rotatable bonds is 5. The van der Waals surface area contributed by atoms with Gasteiger partial charge in [-0.3, -0.25) is 9.69 Å². The highest BCUT2D eigenvalue weighted by Crippen LogP contribution is 2.35. The average Bonchev–Trinajstić information content (AvgIpc) is 2.88. The maximum absolute atomic E-state index is 13.0. The van der Waals surface area contributed by atoms with Crippen molar-refractivity contribution < 1.29 is 13.9 Å². The predicted molar refractivity (Wildman–Crippen MR) is 110 cm³/mol. The van der Waals surface area contributed by atoms with Crippen molar-refractivity contribution in [1.82, 2.24) is 4.90 Å². The lowest BCUT2D eigenvalue weighted by atomic mass is 10.1. The van der Waals surface area contributed by atoms with Crippen LogP contribution in [-0.4, -0.2) is 21.7 Å². The van der Waals surface area contributed by atoms with Gasteiger partial charge in [-0.25, -0.2) is 4.39 Å². The summed E-state index contributed by atoms with van der Waals surface area (Å²) in [5, 5.41) is 0. The fraction of sp³-hybridized carbons (Fsp3) is 0.158. The summed E-state index contributed by atoms with van der Waals surface area (Å²) in [6.45, 7) is 2.75. The van der Waals surface area contributed by atoms with Crippen molar-refractivity contribution >= 4 is 56.2 Å². The predicted octanol–water partition coefficient (Wildman–Crippen LogP) is 5.39. The summed E-state index contributed by atoms with van der Waals surface area (Å²) in [5.41, 5.74) is 1.63. The Hall–Kier alpha value is -1.70. The molecule has 1 saturated heterocycles. The first-order valence-electron chi connectivity index (χ1n) is 7.90. The number of halogens is 2. The number of hydrogen-bond acceptors (Lipinski definition) is 4. The molecule has 0 spiro atoms. The van der Waals surface area contributed by atoms with Gasteiger partial charge in [0.1, 0.15) is 22.5 Å². The van der Waals surface area contributed by atoms with Crippen LogP contribution in [0.1, 0.15) is 18.1 Å². The highest BCUT2D eigenvalue weighted by atomic mass is 79.9. The minimum Gasteiger partial charge on any atom is -0.488 e. The summed E-state index contributed by atoms with van der Waals surface area (Å²) in [6, 6.07) is 11.8. The number of nitrogens with zero attached hydrogens (tertiary/aromatic N) is 1. The van der Waals surface area contributed by atoms with Gasteiger partial charge in [0.15, 0.2) is 0 Å². The zero-order chi connectivity index (χ0) is 18.7. The third kappa shape index (κ3) is 4.34. The van der Waals surface area contributed by atoms with Gasteiger partial charge in [-0.05, 0) is 48.9 Å². The van der Waals surface area contributed by atoms with Crippen LogP contribution in [0.3, 0.4) is 0 Å². The minimum atomic E-state index is -0.281. The number of thiocarbonyl (C=S) groups is 1. The first kappa shape index (κ1) is 19.1. The van der Waals surface area contributed by atoms with E-state index in [1.807, 2.05) is 25.1 Å². The van der Waals surface area contributed by atoms with E-state index in [2.05, 4.69) is 15.9 Å². The number of thioether (sulfide) groups is 1. The van der Waals surface area contributed by atoms with Crippen molar-refractivity contribution in [1.29, 1.82) is 0 Å². The molecular formula is C19H15BrFNO2S2. The van der Waals surface area contributed by atoms with Gasteiger partial charge >= 0.3 is 0 Å². The molecule has 0 radical (unpaired) electrons. The second-order valence-electron chi connectivity index (χ2n) is 5.52. The summed E-state index contributed by atoms with van der Waals surface area (Å²) in [6.07, 6.45) is 1.79. The Morgan fingerprint density at radius 1 is 1.27 bits per heavy atom. The van der Waals surface area contributed by atoms with Crippen molar-refractivity contribution in [2.45, 2.75) is 13.5 Å². The van der Waals surface area contributed by atoms with Crippen LogP contribution in [0.2, 0.25) is 0 Å². The standard InChI is InChI=1S/C19H15BrFNO2S2/c1-2-22-18(23)17(26-19(22)25)10-13-9-14(20)5-8-16(13)24-11-12-3-6-15(21)7-4-12/h3-10H,2,11H2,1H3/b17-10+. The molecule has 2 aromatic rings. The molecular weight excluding hydrogens is 437 g/mol. The lowest BCUT2D eigenvalue weighted by Gasteiger charge is -2.11. The first-order chi connectivity index (χ1) is 12.5. The summed E-state index contributed by atoms with van der Waals surface area (Å²) in [4.78, 5) is 14.6. The Morgan fingerprint density at radius 3 is 2.65 bits per heavy atom. The van der Waals surface area contributed by atoms with Gasteiger partial charge in [-0.15, -0.1) is 0 Å². The molecule has 1 aliphatic rings. The topological polar surface area (TPSA) is 29.5 Å². The van der Waals surface area contributed by atoms with E-state index in [0.717, 1.165) is 15.6 Å². The van der Waals surface area contributed by atoms with E-state index in [0.29, 0.717) is 28.1 Å². The van der Waals surface area contributed by atoms with Crippen LogP contribution in [0.5, 0.6) is 5.75 Å². The molecule has 1 fully saturated rings. The van der Waals surface area contributed by atoms with Crippen LogP contribution in [-0.2, 0) is 11.4 Å². The quantitative estimate of drug-likeness (QED) is 0.450. The second kappa shape index (κ2) is 8.33. The number of hydrogen-bond donors (Lipinski definition) is 0. The Balaban J connectivity index is 1.84. The molecule has 0 saturated carbocycles. The molecule has 1 amide bonds. The van der Waals surface area contributed by atoms with Crippen molar-refractivity contribution in [2.75, 3.05) is 6.54 Å². The molecule has 26 heavy (non-hydrogen) atoms. The number of carbonyl (C=O) groups excluding carboxylic acids is 1. The molecule has 1 heterocycles. The third-order valence-corrected chi connectivity index (χ3v) is 5.63. The van der Waals surface area contributed by atoms with Crippen LogP contribution >= 0.6 is 39.9 Å². The number of benzene rings is 2. The van der Waals surface area contributed by atoms with Gasteiger partial charge < -0.3 is 4.74 Å². The minimum absolute atomic E-state index is 0.0908. The first-order valence-corrected chi connectivity index (χ1v) is 9.92. The van der Waals surface area contributed by atoms with Crippen molar-refractivity contribution in [2.24, 2.45) is 0 Å². The number of carbonyl (C=O) groups is 1. The molecule has 7 heteroatoms. The number of ether oxygens (including phenoxy) is 1.